The Morgan fingerprint density at radius 2 is 1.72 bits per heavy atom. The number of carbonyl (C=O) groups excluding carboxylic acids is 1. The molecule has 2 N–H and O–H groups in total. The number of hydrogen-bond acceptors (Lipinski definition) is 2. The van der Waals surface area contributed by atoms with Gasteiger partial charge in [-0.3, -0.25) is 4.79 Å². The normalized spacial score (nSPS) is 20.7. The minimum Gasteiger partial charge on any atom is -0.326 e. The first-order chi connectivity index (χ1) is 14.0. The monoisotopic (exact) mass is 388 g/mol. The number of carbonyl (C=O) groups is 1. The average molecular weight is 389 g/mol. The summed E-state index contributed by atoms with van der Waals surface area (Å²) in [4.78, 5) is 12.7. The van der Waals surface area contributed by atoms with E-state index in [9.17, 15) is 4.79 Å². The molecule has 3 heteroatoms. The van der Waals surface area contributed by atoms with Crippen LogP contribution in [0.25, 0.3) is 5.57 Å². The number of benzene rings is 2. The van der Waals surface area contributed by atoms with Gasteiger partial charge >= 0.3 is 0 Å². The Morgan fingerprint density at radius 3 is 2.34 bits per heavy atom. The van der Waals surface area contributed by atoms with E-state index in [1.807, 2.05) is 37.3 Å². The smallest absolute Gasteiger partial charge is 0.227 e. The molecular formula is C26H32N2O. The SMILES string of the molecule is Cc1ccc(NC(=O)C(C)C2CCC(/C(=C/C=N)c3cccc(C)c3)CC2)cc1. The molecule has 1 unspecified atom stereocenters. The predicted molar refractivity (Wildman–Crippen MR) is 122 cm³/mol. The Labute approximate surface area is 174 Å². The van der Waals surface area contributed by atoms with Crippen molar-refractivity contribution >= 4 is 23.4 Å². The first-order valence-corrected chi connectivity index (χ1v) is 10.6. The summed E-state index contributed by atoms with van der Waals surface area (Å²) < 4.78 is 0. The predicted octanol–water partition coefficient (Wildman–Crippen LogP) is 6.42. The van der Waals surface area contributed by atoms with Crippen molar-refractivity contribution in [3.8, 4) is 0 Å². The largest absolute Gasteiger partial charge is 0.326 e. The molecular weight excluding hydrogens is 356 g/mol. The quantitative estimate of drug-likeness (QED) is 0.551. The molecule has 1 amide bonds. The van der Waals surface area contributed by atoms with Crippen molar-refractivity contribution in [2.45, 2.75) is 46.5 Å². The van der Waals surface area contributed by atoms with E-state index in [-0.39, 0.29) is 11.8 Å². The van der Waals surface area contributed by atoms with Crippen molar-refractivity contribution in [3.63, 3.8) is 0 Å². The van der Waals surface area contributed by atoms with Crippen LogP contribution in [0.3, 0.4) is 0 Å². The molecule has 3 rings (SSSR count). The van der Waals surface area contributed by atoms with Crippen molar-refractivity contribution < 1.29 is 4.79 Å². The first kappa shape index (κ1) is 21.0. The molecule has 0 aromatic heterocycles. The summed E-state index contributed by atoms with van der Waals surface area (Å²) in [6.07, 6.45) is 7.60. The molecule has 1 aliphatic rings. The molecule has 3 nitrogen and oxygen atoms in total. The third-order valence-corrected chi connectivity index (χ3v) is 6.27. The zero-order valence-electron chi connectivity index (χ0n) is 17.7. The zero-order chi connectivity index (χ0) is 20.8. The van der Waals surface area contributed by atoms with E-state index in [2.05, 4.69) is 43.4 Å². The fraction of sp³-hybridized carbons (Fsp3) is 0.385. The first-order valence-electron chi connectivity index (χ1n) is 10.6. The van der Waals surface area contributed by atoms with Crippen LogP contribution in [-0.2, 0) is 4.79 Å². The van der Waals surface area contributed by atoms with E-state index in [1.54, 1.807) is 0 Å². The Bertz CT molecular complexity index is 874. The molecule has 2 aromatic carbocycles. The van der Waals surface area contributed by atoms with Gasteiger partial charge in [-0.2, -0.15) is 0 Å². The van der Waals surface area contributed by atoms with Crippen LogP contribution in [-0.4, -0.2) is 12.1 Å². The van der Waals surface area contributed by atoms with Gasteiger partial charge in [-0.1, -0.05) is 54.4 Å². The highest BCUT2D eigenvalue weighted by Gasteiger charge is 2.30. The van der Waals surface area contributed by atoms with Crippen LogP contribution in [0.15, 0.2) is 54.6 Å². The molecule has 1 atom stereocenters. The van der Waals surface area contributed by atoms with Crippen LogP contribution in [0.2, 0.25) is 0 Å². The third-order valence-electron chi connectivity index (χ3n) is 6.27. The molecule has 1 aliphatic carbocycles. The maximum Gasteiger partial charge on any atom is 0.227 e. The number of rotatable bonds is 6. The van der Waals surface area contributed by atoms with Gasteiger partial charge in [-0.25, -0.2) is 0 Å². The van der Waals surface area contributed by atoms with Gasteiger partial charge in [0.15, 0.2) is 0 Å². The lowest BCUT2D eigenvalue weighted by Gasteiger charge is -2.33. The topological polar surface area (TPSA) is 53.0 Å². The molecule has 2 aromatic rings. The number of anilines is 1. The van der Waals surface area contributed by atoms with E-state index in [0.717, 1.165) is 31.4 Å². The summed E-state index contributed by atoms with van der Waals surface area (Å²) in [5, 5.41) is 10.7. The number of allylic oxidation sites excluding steroid dienone is 2. The van der Waals surface area contributed by atoms with Crippen molar-refractivity contribution in [1.29, 1.82) is 5.41 Å². The van der Waals surface area contributed by atoms with E-state index in [1.165, 1.54) is 28.5 Å². The summed E-state index contributed by atoms with van der Waals surface area (Å²) in [7, 11) is 0. The standard InChI is InChI=1S/C26H32N2O/c1-18-7-13-24(14-8-18)28-26(29)20(3)21-9-11-22(12-10-21)25(15-16-27)23-6-4-5-19(2)17-23/h4-8,13-17,20-22,27H,9-12H2,1-3H3,(H,28,29)/b25-15-,27-16?. The highest BCUT2D eigenvalue weighted by Crippen LogP contribution is 2.40. The number of hydrogen-bond donors (Lipinski definition) is 2. The fourth-order valence-electron chi connectivity index (χ4n) is 4.42. The van der Waals surface area contributed by atoms with Crippen molar-refractivity contribution in [2.24, 2.45) is 17.8 Å². The number of aryl methyl sites for hydroxylation is 2. The lowest BCUT2D eigenvalue weighted by atomic mass is 9.72. The zero-order valence-corrected chi connectivity index (χ0v) is 17.7. The highest BCUT2D eigenvalue weighted by atomic mass is 16.1. The molecule has 29 heavy (non-hydrogen) atoms. The lowest BCUT2D eigenvalue weighted by molar-refractivity contribution is -0.121. The van der Waals surface area contributed by atoms with Gasteiger partial charge in [0.25, 0.3) is 0 Å². The summed E-state index contributed by atoms with van der Waals surface area (Å²) in [6.45, 7) is 6.21. The van der Waals surface area contributed by atoms with Gasteiger partial charge < -0.3 is 10.7 Å². The van der Waals surface area contributed by atoms with E-state index in [4.69, 9.17) is 5.41 Å². The Balaban J connectivity index is 1.61. The minimum absolute atomic E-state index is 0.00592. The molecule has 152 valence electrons. The summed E-state index contributed by atoms with van der Waals surface area (Å²) in [5.41, 5.74) is 5.79. The Hall–Kier alpha value is -2.68. The van der Waals surface area contributed by atoms with Gasteiger partial charge in [-0.05, 0) is 80.7 Å². The van der Waals surface area contributed by atoms with Crippen LogP contribution in [0.4, 0.5) is 5.69 Å². The molecule has 0 bridgehead atoms. The van der Waals surface area contributed by atoms with Gasteiger partial charge in [0.2, 0.25) is 5.91 Å². The van der Waals surface area contributed by atoms with Crippen molar-refractivity contribution in [2.75, 3.05) is 5.32 Å². The molecule has 1 fully saturated rings. The molecule has 0 heterocycles. The second-order valence-corrected chi connectivity index (χ2v) is 8.41. The van der Waals surface area contributed by atoms with Crippen LogP contribution in [0.5, 0.6) is 0 Å². The third kappa shape index (κ3) is 5.44. The van der Waals surface area contributed by atoms with Crippen molar-refractivity contribution in [1.82, 2.24) is 0 Å². The van der Waals surface area contributed by atoms with Gasteiger partial charge in [0.05, 0.1) is 0 Å². The van der Waals surface area contributed by atoms with Crippen molar-refractivity contribution in [3.05, 3.63) is 71.3 Å². The lowest BCUT2D eigenvalue weighted by Crippen LogP contribution is -2.30. The second kappa shape index (κ2) is 9.69. The van der Waals surface area contributed by atoms with Crippen LogP contribution < -0.4 is 5.32 Å². The summed E-state index contributed by atoms with van der Waals surface area (Å²) in [6, 6.07) is 16.5. The van der Waals surface area contributed by atoms with Crippen LogP contribution in [0, 0.1) is 37.0 Å². The van der Waals surface area contributed by atoms with Crippen LogP contribution >= 0.6 is 0 Å². The fourth-order valence-corrected chi connectivity index (χ4v) is 4.42. The van der Waals surface area contributed by atoms with E-state index >= 15 is 0 Å². The van der Waals surface area contributed by atoms with Gasteiger partial charge in [0.1, 0.15) is 0 Å². The molecule has 0 aliphatic heterocycles. The Kier molecular flexibility index (Phi) is 7.03. The second-order valence-electron chi connectivity index (χ2n) is 8.41. The maximum atomic E-state index is 12.7. The van der Waals surface area contributed by atoms with E-state index in [0.29, 0.717) is 11.8 Å². The summed E-state index contributed by atoms with van der Waals surface area (Å²) >= 11 is 0. The Morgan fingerprint density at radius 1 is 1.03 bits per heavy atom. The molecule has 0 spiro atoms. The number of amides is 1. The van der Waals surface area contributed by atoms with Gasteiger partial charge in [0, 0.05) is 17.8 Å². The maximum absolute atomic E-state index is 12.7. The average Bonchev–Trinajstić information content (AvgIpc) is 2.73. The number of nitrogens with one attached hydrogen (secondary N) is 2. The molecule has 1 saturated carbocycles. The van der Waals surface area contributed by atoms with Gasteiger partial charge in [-0.15, -0.1) is 0 Å². The highest BCUT2D eigenvalue weighted by molar-refractivity contribution is 5.92. The van der Waals surface area contributed by atoms with E-state index < -0.39 is 0 Å². The molecule has 0 saturated heterocycles. The molecule has 0 radical (unpaired) electrons. The minimum atomic E-state index is 0.00592. The summed E-state index contributed by atoms with van der Waals surface area (Å²) in [5.74, 6) is 0.995. The van der Waals surface area contributed by atoms with Crippen LogP contribution in [0.1, 0.15) is 49.3 Å².